The van der Waals surface area contributed by atoms with Crippen LogP contribution in [0, 0.1) is 12.7 Å². The van der Waals surface area contributed by atoms with Crippen LogP contribution >= 0.6 is 11.6 Å². The number of aromatic nitrogens is 3. The number of halogens is 4. The van der Waals surface area contributed by atoms with Gasteiger partial charge in [-0.15, -0.1) is 5.10 Å². The Kier molecular flexibility index (Phi) is 10.3. The lowest BCUT2D eigenvalue weighted by Crippen LogP contribution is -2.41. The molecule has 0 radical (unpaired) electrons. The molecule has 0 bridgehead atoms. The van der Waals surface area contributed by atoms with E-state index in [0.29, 0.717) is 17.4 Å². The molecule has 3 aromatic carbocycles. The van der Waals surface area contributed by atoms with E-state index in [1.54, 1.807) is 13.1 Å². The van der Waals surface area contributed by atoms with Crippen LogP contribution in [-0.4, -0.2) is 46.3 Å². The summed E-state index contributed by atoms with van der Waals surface area (Å²) >= 11 is 6.92. The minimum Gasteiger partial charge on any atom is -0.361 e. The van der Waals surface area contributed by atoms with Gasteiger partial charge in [0.15, 0.2) is 5.82 Å². The molecule has 10 heteroatoms. The third kappa shape index (κ3) is 7.48. The first-order chi connectivity index (χ1) is 24.6. The number of likely N-dealkylation sites (tertiary alicyclic amines) is 1. The number of alkyl halides is 2. The molecule has 6 nitrogen and oxygen atoms in total. The predicted octanol–water partition coefficient (Wildman–Crippen LogP) is 9.92. The summed E-state index contributed by atoms with van der Waals surface area (Å²) in [6.07, 6.45) is 3.39. The van der Waals surface area contributed by atoms with Gasteiger partial charge in [0, 0.05) is 51.6 Å². The van der Waals surface area contributed by atoms with Crippen molar-refractivity contribution in [2.75, 3.05) is 31.5 Å². The highest BCUT2D eigenvalue weighted by Gasteiger charge is 2.30. The van der Waals surface area contributed by atoms with Crippen LogP contribution in [0.15, 0.2) is 72.9 Å². The second-order valence-corrected chi connectivity index (χ2v) is 14.9. The largest absolute Gasteiger partial charge is 0.361 e. The van der Waals surface area contributed by atoms with Crippen molar-refractivity contribution in [1.29, 1.82) is 0 Å². The molecule has 0 saturated carbocycles. The fourth-order valence-electron chi connectivity index (χ4n) is 7.82. The number of rotatable bonds is 9. The molecule has 7 rings (SSSR count). The summed E-state index contributed by atoms with van der Waals surface area (Å²) in [4.78, 5) is 7.28. The van der Waals surface area contributed by atoms with Crippen LogP contribution in [0.2, 0.25) is 5.02 Å². The van der Waals surface area contributed by atoms with Crippen molar-refractivity contribution in [3.05, 3.63) is 117 Å². The highest BCUT2D eigenvalue weighted by atomic mass is 35.5. The van der Waals surface area contributed by atoms with Gasteiger partial charge in [-0.05, 0) is 100.0 Å². The Labute approximate surface area is 302 Å². The molecule has 2 atom stereocenters. The average Bonchev–Trinajstić information content (AvgIpc) is 3.13. The third-order valence-electron chi connectivity index (χ3n) is 10.9. The fourth-order valence-corrected chi connectivity index (χ4v) is 8.15. The molecule has 4 heterocycles. The van der Waals surface area contributed by atoms with Crippen molar-refractivity contribution in [1.82, 2.24) is 25.4 Å². The summed E-state index contributed by atoms with van der Waals surface area (Å²) in [5.74, 6) is -0.0300. The van der Waals surface area contributed by atoms with Gasteiger partial charge in [0.2, 0.25) is 0 Å². The van der Waals surface area contributed by atoms with Crippen LogP contribution in [0.1, 0.15) is 91.4 Å². The molecule has 5 aromatic rings. The van der Waals surface area contributed by atoms with Gasteiger partial charge in [-0.2, -0.15) is 5.10 Å². The molecule has 2 aromatic heterocycles. The number of nitrogens with zero attached hydrogens (tertiary/aromatic N) is 4. The first-order valence-electron chi connectivity index (χ1n) is 17.9. The fraction of sp³-hybridized carbons (Fsp3) is 0.390. The number of fused-ring (bicyclic) bond motifs is 1. The first kappa shape index (κ1) is 35.4. The second-order valence-electron chi connectivity index (χ2n) is 14.5. The maximum absolute atomic E-state index is 15.0. The van der Waals surface area contributed by atoms with Crippen LogP contribution < -0.4 is 10.6 Å². The Hall–Kier alpha value is -4.05. The summed E-state index contributed by atoms with van der Waals surface area (Å²) < 4.78 is 41.7. The number of nitrogens with one attached hydrogen (secondary N) is 2. The molecular weight excluding hydrogens is 669 g/mol. The van der Waals surface area contributed by atoms with E-state index in [4.69, 9.17) is 16.6 Å². The number of anilines is 1. The van der Waals surface area contributed by atoms with E-state index < -0.39 is 23.8 Å². The van der Waals surface area contributed by atoms with Gasteiger partial charge in [0.1, 0.15) is 5.82 Å². The molecular formula is C41H44ClF3N6. The predicted molar refractivity (Wildman–Crippen MR) is 199 cm³/mol. The summed E-state index contributed by atoms with van der Waals surface area (Å²) in [6, 6.07) is 20.6. The molecule has 51 heavy (non-hydrogen) atoms. The Morgan fingerprint density at radius 3 is 2.53 bits per heavy atom. The summed E-state index contributed by atoms with van der Waals surface area (Å²) in [5, 5.41) is 17.9. The van der Waals surface area contributed by atoms with Gasteiger partial charge < -0.3 is 10.6 Å². The molecule has 2 fully saturated rings. The zero-order valence-corrected chi connectivity index (χ0v) is 30.1. The average molecular weight is 713 g/mol. The van der Waals surface area contributed by atoms with E-state index >= 15 is 0 Å². The number of pyridine rings is 1. The lowest BCUT2D eigenvalue weighted by atomic mass is 9.76. The summed E-state index contributed by atoms with van der Waals surface area (Å²) in [5.41, 5.74) is 5.92. The standard InChI is InChI=1S/C41H44ClF3N6/c1-25(31-9-5-10-33(38(31)43)39(44)45)48-40-34-21-37(47-22-35(34)26(2)49-50-40)29-8-4-7-27(19-29)23-51-17-13-28(14-18-51)32-12-11-30(20-36(32)42)41(3)15-6-16-46-24-41/h4-5,7-12,19-22,25,28,39,46H,6,13-18,23-24H2,1-3H3,(H,48,50)/t25-,41+/m1/s1. The van der Waals surface area contributed by atoms with Crippen LogP contribution in [0.25, 0.3) is 22.0 Å². The number of benzene rings is 3. The van der Waals surface area contributed by atoms with Gasteiger partial charge in [-0.1, -0.05) is 67.1 Å². The minimum absolute atomic E-state index is 0.136. The van der Waals surface area contributed by atoms with Gasteiger partial charge in [0.25, 0.3) is 6.43 Å². The van der Waals surface area contributed by atoms with Crippen LogP contribution in [0.3, 0.4) is 0 Å². The first-order valence-corrected chi connectivity index (χ1v) is 18.3. The highest BCUT2D eigenvalue weighted by molar-refractivity contribution is 6.31. The molecule has 0 aliphatic carbocycles. The quantitative estimate of drug-likeness (QED) is 0.159. The third-order valence-corrected chi connectivity index (χ3v) is 11.2. The summed E-state index contributed by atoms with van der Waals surface area (Å²) in [7, 11) is 0. The zero-order valence-electron chi connectivity index (χ0n) is 29.3. The Morgan fingerprint density at radius 1 is 1.00 bits per heavy atom. The molecule has 2 aliphatic heterocycles. The second kappa shape index (κ2) is 14.9. The van der Waals surface area contributed by atoms with E-state index in [9.17, 15) is 13.2 Å². The smallest absolute Gasteiger partial charge is 0.266 e. The normalized spacial score (nSPS) is 19.5. The maximum Gasteiger partial charge on any atom is 0.266 e. The lowest BCUT2D eigenvalue weighted by molar-refractivity contribution is 0.146. The van der Waals surface area contributed by atoms with E-state index in [1.165, 1.54) is 41.7 Å². The van der Waals surface area contributed by atoms with Crippen LogP contribution in [0.5, 0.6) is 0 Å². The van der Waals surface area contributed by atoms with Crippen molar-refractivity contribution in [2.24, 2.45) is 0 Å². The van der Waals surface area contributed by atoms with Crippen molar-refractivity contribution in [3.8, 4) is 11.3 Å². The van der Waals surface area contributed by atoms with E-state index in [2.05, 4.69) is 69.1 Å². The Balaban J connectivity index is 1.04. The SMILES string of the molecule is Cc1nnc(N[C@H](C)c2cccc(C(F)F)c2F)c2cc(-c3cccc(CN4CCC(c5ccc([C@@]6(C)CCCNC6)cc5Cl)CC4)c3)ncc12. The van der Waals surface area contributed by atoms with Gasteiger partial charge in [-0.3, -0.25) is 9.88 Å². The highest BCUT2D eigenvalue weighted by Crippen LogP contribution is 2.38. The molecule has 2 N–H and O–H groups in total. The maximum atomic E-state index is 15.0. The molecule has 0 unspecified atom stereocenters. The van der Waals surface area contributed by atoms with Gasteiger partial charge >= 0.3 is 0 Å². The monoisotopic (exact) mass is 712 g/mol. The Bertz CT molecular complexity index is 2020. The Morgan fingerprint density at radius 2 is 1.78 bits per heavy atom. The molecule has 0 amide bonds. The number of hydrogen-bond donors (Lipinski definition) is 2. The molecule has 2 saturated heterocycles. The molecule has 2 aliphatic rings. The lowest BCUT2D eigenvalue weighted by Gasteiger charge is -2.36. The molecule has 0 spiro atoms. The number of aryl methyl sites for hydroxylation is 1. The van der Waals surface area contributed by atoms with Gasteiger partial charge in [0.05, 0.1) is 23.0 Å². The van der Waals surface area contributed by atoms with Crippen molar-refractivity contribution >= 4 is 28.2 Å². The summed E-state index contributed by atoms with van der Waals surface area (Å²) in [6.45, 7) is 10.8. The van der Waals surface area contributed by atoms with E-state index in [-0.39, 0.29) is 11.0 Å². The van der Waals surface area contributed by atoms with Crippen molar-refractivity contribution < 1.29 is 13.2 Å². The topological polar surface area (TPSA) is 66.0 Å². The molecule has 266 valence electrons. The van der Waals surface area contributed by atoms with E-state index in [1.807, 2.05) is 19.1 Å². The van der Waals surface area contributed by atoms with Crippen molar-refractivity contribution in [2.45, 2.75) is 76.8 Å². The van der Waals surface area contributed by atoms with Crippen molar-refractivity contribution in [3.63, 3.8) is 0 Å². The zero-order chi connectivity index (χ0) is 35.7. The number of piperidine rings is 2. The van der Waals surface area contributed by atoms with Gasteiger partial charge in [-0.25, -0.2) is 13.2 Å². The van der Waals surface area contributed by atoms with Crippen LogP contribution in [0.4, 0.5) is 19.0 Å². The number of hydrogen-bond acceptors (Lipinski definition) is 6. The minimum atomic E-state index is -2.90. The van der Waals surface area contributed by atoms with E-state index in [0.717, 1.165) is 78.7 Å². The van der Waals surface area contributed by atoms with Crippen LogP contribution in [-0.2, 0) is 12.0 Å².